The number of aryl methyl sites for hydroxylation is 1. The van der Waals surface area contributed by atoms with Gasteiger partial charge in [-0.25, -0.2) is 0 Å². The quantitative estimate of drug-likeness (QED) is 0.534. The van der Waals surface area contributed by atoms with E-state index in [9.17, 15) is 19.2 Å². The molecular formula is C29H35N3O4. The predicted molar refractivity (Wildman–Crippen MR) is 137 cm³/mol. The van der Waals surface area contributed by atoms with E-state index in [1.54, 1.807) is 36.1 Å². The van der Waals surface area contributed by atoms with E-state index in [4.69, 9.17) is 0 Å². The summed E-state index contributed by atoms with van der Waals surface area (Å²) in [6.07, 6.45) is 5.86. The summed E-state index contributed by atoms with van der Waals surface area (Å²) >= 11 is 0. The van der Waals surface area contributed by atoms with E-state index < -0.39 is 6.04 Å². The number of carbonyl (C=O) groups is 4. The molecule has 1 fully saturated rings. The molecule has 7 heteroatoms. The molecule has 2 aliphatic rings. The van der Waals surface area contributed by atoms with E-state index in [-0.39, 0.29) is 42.6 Å². The molecule has 190 valence electrons. The molecule has 1 aliphatic carbocycles. The number of carbonyl (C=O) groups excluding carboxylic acids is 4. The van der Waals surface area contributed by atoms with Gasteiger partial charge in [0.05, 0.1) is 11.1 Å². The Bertz CT molecular complexity index is 1090. The Morgan fingerprint density at radius 2 is 1.58 bits per heavy atom. The fourth-order valence-electron chi connectivity index (χ4n) is 5.02. The van der Waals surface area contributed by atoms with Crippen LogP contribution in [0.5, 0.6) is 0 Å². The molecule has 4 amide bonds. The summed E-state index contributed by atoms with van der Waals surface area (Å²) in [5.74, 6) is -0.944. The van der Waals surface area contributed by atoms with Crippen LogP contribution in [0.15, 0.2) is 48.5 Å². The van der Waals surface area contributed by atoms with Crippen LogP contribution in [-0.2, 0) is 16.1 Å². The monoisotopic (exact) mass is 489 g/mol. The smallest absolute Gasteiger partial charge is 0.261 e. The summed E-state index contributed by atoms with van der Waals surface area (Å²) in [7, 11) is 0. The van der Waals surface area contributed by atoms with Crippen molar-refractivity contribution in [3.63, 3.8) is 0 Å². The molecule has 0 spiro atoms. The summed E-state index contributed by atoms with van der Waals surface area (Å²) < 4.78 is 0. The Morgan fingerprint density at radius 3 is 2.19 bits per heavy atom. The molecule has 0 aromatic heterocycles. The number of hydrogen-bond acceptors (Lipinski definition) is 4. The van der Waals surface area contributed by atoms with Crippen molar-refractivity contribution < 1.29 is 19.2 Å². The van der Waals surface area contributed by atoms with E-state index in [1.165, 1.54) is 11.3 Å². The van der Waals surface area contributed by atoms with Crippen LogP contribution in [0.4, 0.5) is 0 Å². The number of imide groups is 1. The van der Waals surface area contributed by atoms with E-state index in [1.807, 2.05) is 31.2 Å². The molecule has 4 rings (SSSR count). The predicted octanol–water partition coefficient (Wildman–Crippen LogP) is 4.24. The standard InChI is InChI=1S/C29H35N3O4/c1-20-14-16-22(17-15-20)19-32(21(2)27(34)30-23-9-4-3-5-10-23)26(33)13-8-18-31-28(35)24-11-6-7-12-25(24)29(31)36/h6-7,11-12,14-17,21,23H,3-5,8-10,13,18-19H2,1-2H3,(H,30,34). The fourth-order valence-corrected chi connectivity index (χ4v) is 5.02. The SMILES string of the molecule is Cc1ccc(CN(C(=O)CCCN2C(=O)c3ccccc3C2=O)C(C)C(=O)NC2CCCCC2)cc1. The van der Waals surface area contributed by atoms with Gasteiger partial charge in [0.25, 0.3) is 11.8 Å². The highest BCUT2D eigenvalue weighted by atomic mass is 16.2. The summed E-state index contributed by atoms with van der Waals surface area (Å²) in [4.78, 5) is 54.5. The van der Waals surface area contributed by atoms with Crippen molar-refractivity contribution in [2.75, 3.05) is 6.54 Å². The Kier molecular flexibility index (Phi) is 8.18. The van der Waals surface area contributed by atoms with Crippen molar-refractivity contribution in [3.05, 3.63) is 70.8 Å². The second kappa shape index (κ2) is 11.5. The van der Waals surface area contributed by atoms with Gasteiger partial charge >= 0.3 is 0 Å². The van der Waals surface area contributed by atoms with Crippen LogP contribution in [0.3, 0.4) is 0 Å². The third kappa shape index (κ3) is 5.83. The van der Waals surface area contributed by atoms with Gasteiger partial charge in [-0.05, 0) is 50.8 Å². The van der Waals surface area contributed by atoms with Crippen molar-refractivity contribution in [3.8, 4) is 0 Å². The molecule has 2 aromatic rings. The molecule has 1 unspecified atom stereocenters. The number of nitrogens with zero attached hydrogens (tertiary/aromatic N) is 2. The first-order chi connectivity index (χ1) is 17.3. The van der Waals surface area contributed by atoms with Gasteiger partial charge in [-0.1, -0.05) is 61.2 Å². The third-order valence-electron chi connectivity index (χ3n) is 7.24. The lowest BCUT2D eigenvalue weighted by Gasteiger charge is -2.31. The highest BCUT2D eigenvalue weighted by Crippen LogP contribution is 2.23. The lowest BCUT2D eigenvalue weighted by molar-refractivity contribution is -0.141. The van der Waals surface area contributed by atoms with Gasteiger partial charge in [-0.15, -0.1) is 0 Å². The molecule has 1 saturated carbocycles. The number of hydrogen-bond donors (Lipinski definition) is 1. The van der Waals surface area contributed by atoms with Gasteiger partial charge in [-0.2, -0.15) is 0 Å². The van der Waals surface area contributed by atoms with Gasteiger partial charge in [0.2, 0.25) is 11.8 Å². The van der Waals surface area contributed by atoms with E-state index in [2.05, 4.69) is 5.32 Å². The zero-order valence-electron chi connectivity index (χ0n) is 21.2. The summed E-state index contributed by atoms with van der Waals surface area (Å²) in [5, 5.41) is 3.14. The van der Waals surface area contributed by atoms with Crippen molar-refractivity contribution in [2.45, 2.75) is 77.4 Å². The Labute approximate surface area is 212 Å². The average molecular weight is 490 g/mol. The van der Waals surface area contributed by atoms with Gasteiger partial charge in [0.15, 0.2) is 0 Å². The van der Waals surface area contributed by atoms with E-state index in [0.717, 1.165) is 36.8 Å². The molecule has 0 radical (unpaired) electrons. The van der Waals surface area contributed by atoms with Crippen molar-refractivity contribution in [1.29, 1.82) is 0 Å². The second-order valence-corrected chi connectivity index (χ2v) is 9.94. The van der Waals surface area contributed by atoms with Crippen LogP contribution < -0.4 is 5.32 Å². The highest BCUT2D eigenvalue weighted by Gasteiger charge is 2.35. The minimum atomic E-state index is -0.625. The van der Waals surface area contributed by atoms with Gasteiger partial charge in [-0.3, -0.25) is 24.1 Å². The Morgan fingerprint density at radius 1 is 0.972 bits per heavy atom. The van der Waals surface area contributed by atoms with E-state index in [0.29, 0.717) is 24.1 Å². The zero-order valence-corrected chi connectivity index (χ0v) is 21.2. The van der Waals surface area contributed by atoms with Crippen molar-refractivity contribution in [2.24, 2.45) is 0 Å². The number of fused-ring (bicyclic) bond motifs is 1. The van der Waals surface area contributed by atoms with Crippen LogP contribution >= 0.6 is 0 Å². The number of benzene rings is 2. The van der Waals surface area contributed by atoms with Crippen molar-refractivity contribution >= 4 is 23.6 Å². The molecule has 36 heavy (non-hydrogen) atoms. The normalized spacial score (nSPS) is 16.6. The molecule has 0 saturated heterocycles. The zero-order chi connectivity index (χ0) is 25.7. The lowest BCUT2D eigenvalue weighted by atomic mass is 9.95. The summed E-state index contributed by atoms with van der Waals surface area (Å²) in [5.41, 5.74) is 2.89. The third-order valence-corrected chi connectivity index (χ3v) is 7.24. The minimum absolute atomic E-state index is 0.136. The summed E-state index contributed by atoms with van der Waals surface area (Å²) in [6.45, 7) is 4.27. The average Bonchev–Trinajstić information content (AvgIpc) is 3.13. The minimum Gasteiger partial charge on any atom is -0.352 e. The lowest BCUT2D eigenvalue weighted by Crippen LogP contribution is -2.50. The Balaban J connectivity index is 1.40. The largest absolute Gasteiger partial charge is 0.352 e. The molecule has 1 atom stereocenters. The van der Waals surface area contributed by atoms with Gasteiger partial charge < -0.3 is 10.2 Å². The van der Waals surface area contributed by atoms with Gasteiger partial charge in [0, 0.05) is 25.6 Å². The van der Waals surface area contributed by atoms with Crippen LogP contribution in [0.1, 0.15) is 83.7 Å². The van der Waals surface area contributed by atoms with Crippen molar-refractivity contribution in [1.82, 2.24) is 15.1 Å². The molecular weight excluding hydrogens is 454 g/mol. The highest BCUT2D eigenvalue weighted by molar-refractivity contribution is 6.21. The van der Waals surface area contributed by atoms with E-state index >= 15 is 0 Å². The first-order valence-corrected chi connectivity index (χ1v) is 13.0. The Hall–Kier alpha value is -3.48. The maximum absolute atomic E-state index is 13.4. The first kappa shape index (κ1) is 25.6. The van der Waals surface area contributed by atoms with Crippen LogP contribution in [0, 0.1) is 6.92 Å². The molecule has 1 aliphatic heterocycles. The van der Waals surface area contributed by atoms with Crippen LogP contribution in [0.25, 0.3) is 0 Å². The number of amides is 4. The number of nitrogens with one attached hydrogen (secondary N) is 1. The maximum Gasteiger partial charge on any atom is 0.261 e. The van der Waals surface area contributed by atoms with Crippen LogP contribution in [-0.4, -0.2) is 52.1 Å². The fraction of sp³-hybridized carbons (Fsp3) is 0.448. The molecule has 2 aromatic carbocycles. The molecule has 1 N–H and O–H groups in total. The first-order valence-electron chi connectivity index (χ1n) is 13.0. The molecule has 1 heterocycles. The topological polar surface area (TPSA) is 86.8 Å². The van der Waals surface area contributed by atoms with Gasteiger partial charge in [0.1, 0.15) is 6.04 Å². The van der Waals surface area contributed by atoms with Crippen LogP contribution in [0.2, 0.25) is 0 Å². The molecule has 7 nitrogen and oxygen atoms in total. The second-order valence-electron chi connectivity index (χ2n) is 9.94. The molecule has 0 bridgehead atoms. The maximum atomic E-state index is 13.4. The summed E-state index contributed by atoms with van der Waals surface area (Å²) in [6, 6.07) is 14.2. The number of rotatable bonds is 9.